The van der Waals surface area contributed by atoms with Crippen LogP contribution in [0.1, 0.15) is 23.2 Å². The third-order valence-electron chi connectivity index (χ3n) is 3.90. The Hall–Kier alpha value is -0.870. The Morgan fingerprint density at radius 2 is 2.11 bits per heavy atom. The summed E-state index contributed by atoms with van der Waals surface area (Å²) in [7, 11) is 4.26. The Kier molecular flexibility index (Phi) is 4.99. The van der Waals surface area contributed by atoms with Crippen molar-refractivity contribution in [3.63, 3.8) is 0 Å². The summed E-state index contributed by atoms with van der Waals surface area (Å²) < 4.78 is 1.02. The van der Waals surface area contributed by atoms with E-state index in [1.807, 2.05) is 18.2 Å². The highest BCUT2D eigenvalue weighted by atomic mass is 79.9. The van der Waals surface area contributed by atoms with Crippen LogP contribution in [0.5, 0.6) is 0 Å². The Morgan fingerprint density at radius 3 is 2.74 bits per heavy atom. The number of likely N-dealkylation sites (tertiary alicyclic amines) is 1. The summed E-state index contributed by atoms with van der Waals surface area (Å²) in [6.45, 7) is 3.38. The van der Waals surface area contributed by atoms with E-state index in [0.29, 0.717) is 0 Å². The number of hydrogen-bond acceptors (Lipinski definition) is 3. The number of hydrogen-bond donors (Lipinski definition) is 0. The molecule has 0 aliphatic carbocycles. The van der Waals surface area contributed by atoms with Gasteiger partial charge in [0.25, 0.3) is 0 Å². The van der Waals surface area contributed by atoms with Crippen LogP contribution in [0.15, 0.2) is 22.7 Å². The van der Waals surface area contributed by atoms with E-state index in [9.17, 15) is 4.79 Å². The van der Waals surface area contributed by atoms with Gasteiger partial charge in [0.15, 0.2) is 6.29 Å². The molecule has 0 saturated carbocycles. The number of anilines is 1. The number of rotatable bonds is 4. The van der Waals surface area contributed by atoms with E-state index < -0.39 is 0 Å². The zero-order chi connectivity index (χ0) is 13.8. The van der Waals surface area contributed by atoms with E-state index in [-0.39, 0.29) is 0 Å². The van der Waals surface area contributed by atoms with Crippen LogP contribution in [0, 0.1) is 5.92 Å². The van der Waals surface area contributed by atoms with Crippen LogP contribution >= 0.6 is 15.9 Å². The first-order chi connectivity index (χ1) is 9.10. The molecule has 0 atom stereocenters. The average molecular weight is 325 g/mol. The van der Waals surface area contributed by atoms with Crippen LogP contribution in [0.4, 0.5) is 5.69 Å². The van der Waals surface area contributed by atoms with Crippen molar-refractivity contribution >= 4 is 27.9 Å². The largest absolute Gasteiger partial charge is 0.374 e. The van der Waals surface area contributed by atoms with E-state index in [1.54, 1.807) is 0 Å². The summed E-state index contributed by atoms with van der Waals surface area (Å²) in [6, 6.07) is 5.81. The first-order valence-electron chi connectivity index (χ1n) is 6.74. The summed E-state index contributed by atoms with van der Waals surface area (Å²) in [4.78, 5) is 15.7. The van der Waals surface area contributed by atoms with E-state index >= 15 is 0 Å². The maximum absolute atomic E-state index is 11.1. The van der Waals surface area contributed by atoms with Crippen molar-refractivity contribution in [2.45, 2.75) is 12.8 Å². The first kappa shape index (κ1) is 14.5. The Labute approximate surface area is 123 Å². The lowest BCUT2D eigenvalue weighted by atomic mass is 9.96. The molecule has 19 heavy (non-hydrogen) atoms. The topological polar surface area (TPSA) is 23.6 Å². The van der Waals surface area contributed by atoms with Gasteiger partial charge in [-0.15, -0.1) is 0 Å². The van der Waals surface area contributed by atoms with Crippen LogP contribution < -0.4 is 4.90 Å². The number of aldehydes is 1. The highest BCUT2D eigenvalue weighted by Crippen LogP contribution is 2.26. The maximum Gasteiger partial charge on any atom is 0.152 e. The maximum atomic E-state index is 11.1. The molecule has 2 rings (SSSR count). The molecule has 1 saturated heterocycles. The SMILES string of the molecule is CN1CCC(CN(C)c2cc(Br)ccc2C=O)CC1. The molecule has 0 spiro atoms. The molecule has 0 aromatic heterocycles. The molecule has 1 aliphatic heterocycles. The van der Waals surface area contributed by atoms with Crippen molar-refractivity contribution in [3.05, 3.63) is 28.2 Å². The molecule has 0 amide bonds. The number of carbonyl (C=O) groups is 1. The lowest BCUT2D eigenvalue weighted by Crippen LogP contribution is -2.36. The van der Waals surface area contributed by atoms with Crippen LogP contribution in [-0.4, -0.2) is 44.9 Å². The minimum atomic E-state index is 0.722. The number of nitrogens with zero attached hydrogens (tertiary/aromatic N) is 2. The van der Waals surface area contributed by atoms with Crippen molar-refractivity contribution in [2.75, 3.05) is 38.6 Å². The zero-order valence-electron chi connectivity index (χ0n) is 11.6. The molecule has 104 valence electrons. The van der Waals surface area contributed by atoms with Gasteiger partial charge in [-0.05, 0) is 57.1 Å². The lowest BCUT2D eigenvalue weighted by molar-refractivity contribution is 0.112. The quantitative estimate of drug-likeness (QED) is 0.795. The van der Waals surface area contributed by atoms with Crippen molar-refractivity contribution in [1.29, 1.82) is 0 Å². The molecule has 0 bridgehead atoms. The molecule has 0 N–H and O–H groups in total. The smallest absolute Gasteiger partial charge is 0.152 e. The first-order valence-corrected chi connectivity index (χ1v) is 7.54. The van der Waals surface area contributed by atoms with E-state index in [2.05, 4.69) is 39.8 Å². The van der Waals surface area contributed by atoms with Crippen LogP contribution in [-0.2, 0) is 0 Å². The predicted octanol–water partition coefficient (Wildman–Crippen LogP) is 3.04. The van der Waals surface area contributed by atoms with Crippen molar-refractivity contribution < 1.29 is 4.79 Å². The fourth-order valence-electron chi connectivity index (χ4n) is 2.68. The fourth-order valence-corrected chi connectivity index (χ4v) is 3.03. The Morgan fingerprint density at radius 1 is 1.42 bits per heavy atom. The molecule has 1 aromatic carbocycles. The molecular weight excluding hydrogens is 304 g/mol. The van der Waals surface area contributed by atoms with Gasteiger partial charge in [0.1, 0.15) is 0 Å². The van der Waals surface area contributed by atoms with Gasteiger partial charge in [-0.3, -0.25) is 4.79 Å². The van der Waals surface area contributed by atoms with Gasteiger partial charge in [0.05, 0.1) is 0 Å². The standard InChI is InChI=1S/C15H21BrN2O/c1-17-7-5-12(6-8-17)10-18(2)15-9-14(16)4-3-13(15)11-19/h3-4,9,11-12H,5-8,10H2,1-2H3. The van der Waals surface area contributed by atoms with Gasteiger partial charge < -0.3 is 9.80 Å². The molecule has 0 unspecified atom stereocenters. The van der Waals surface area contributed by atoms with Crippen LogP contribution in [0.2, 0.25) is 0 Å². The second-order valence-electron chi connectivity index (χ2n) is 5.45. The molecule has 1 heterocycles. The predicted molar refractivity (Wildman–Crippen MR) is 83.0 cm³/mol. The molecular formula is C15H21BrN2O. The number of halogens is 1. The Bertz CT molecular complexity index is 442. The highest BCUT2D eigenvalue weighted by Gasteiger charge is 2.19. The second kappa shape index (κ2) is 6.53. The molecule has 4 heteroatoms. The zero-order valence-corrected chi connectivity index (χ0v) is 13.2. The summed E-state index contributed by atoms with van der Waals surface area (Å²) in [6.07, 6.45) is 3.42. The summed E-state index contributed by atoms with van der Waals surface area (Å²) in [5.74, 6) is 0.722. The van der Waals surface area contributed by atoms with Gasteiger partial charge in [-0.1, -0.05) is 15.9 Å². The molecule has 1 aromatic rings. The summed E-state index contributed by atoms with van der Waals surface area (Å²) in [5, 5.41) is 0. The monoisotopic (exact) mass is 324 g/mol. The molecule has 1 fully saturated rings. The van der Waals surface area contributed by atoms with Crippen molar-refractivity contribution in [2.24, 2.45) is 5.92 Å². The van der Waals surface area contributed by atoms with Crippen molar-refractivity contribution in [3.8, 4) is 0 Å². The number of carbonyl (C=O) groups excluding carboxylic acids is 1. The van der Waals surface area contributed by atoms with Gasteiger partial charge in [-0.25, -0.2) is 0 Å². The van der Waals surface area contributed by atoms with E-state index in [1.165, 1.54) is 25.9 Å². The Balaban J connectivity index is 2.05. The third-order valence-corrected chi connectivity index (χ3v) is 4.39. The number of benzene rings is 1. The molecule has 0 radical (unpaired) electrons. The molecule has 1 aliphatic rings. The second-order valence-corrected chi connectivity index (χ2v) is 6.36. The molecule has 3 nitrogen and oxygen atoms in total. The third kappa shape index (κ3) is 3.80. The van der Waals surface area contributed by atoms with Gasteiger partial charge >= 0.3 is 0 Å². The fraction of sp³-hybridized carbons (Fsp3) is 0.533. The normalized spacial score (nSPS) is 17.4. The van der Waals surface area contributed by atoms with Crippen LogP contribution in [0.3, 0.4) is 0 Å². The van der Waals surface area contributed by atoms with Crippen molar-refractivity contribution in [1.82, 2.24) is 4.90 Å². The minimum Gasteiger partial charge on any atom is -0.374 e. The van der Waals surface area contributed by atoms with Gasteiger partial charge in [0, 0.05) is 29.3 Å². The average Bonchev–Trinajstić information content (AvgIpc) is 2.41. The van der Waals surface area contributed by atoms with E-state index in [0.717, 1.165) is 34.5 Å². The summed E-state index contributed by atoms with van der Waals surface area (Å²) in [5.41, 5.74) is 1.78. The minimum absolute atomic E-state index is 0.722. The summed E-state index contributed by atoms with van der Waals surface area (Å²) >= 11 is 3.48. The lowest BCUT2D eigenvalue weighted by Gasteiger charge is -2.32. The number of piperidine rings is 1. The van der Waals surface area contributed by atoms with Gasteiger partial charge in [-0.2, -0.15) is 0 Å². The highest BCUT2D eigenvalue weighted by molar-refractivity contribution is 9.10. The van der Waals surface area contributed by atoms with E-state index in [4.69, 9.17) is 0 Å². The van der Waals surface area contributed by atoms with Crippen LogP contribution in [0.25, 0.3) is 0 Å². The van der Waals surface area contributed by atoms with Gasteiger partial charge in [0.2, 0.25) is 0 Å².